The van der Waals surface area contributed by atoms with Gasteiger partial charge in [-0.1, -0.05) is 24.1 Å². The quantitative estimate of drug-likeness (QED) is 0.505. The zero-order chi connectivity index (χ0) is 24.1. The zero-order valence-corrected chi connectivity index (χ0v) is 19.8. The van der Waals surface area contributed by atoms with E-state index in [2.05, 4.69) is 28.2 Å². The molecule has 1 aromatic heterocycles. The van der Waals surface area contributed by atoms with E-state index in [1.54, 1.807) is 27.3 Å². The average molecular weight is 463 g/mol. The SMILES string of the molecule is C#CCN(Cc1ccc(OC)cc1)c1cc(OCC2CC2C2=NCC(OC)C=C2)nn(C)c1=O. The Morgan fingerprint density at radius 1 is 1.26 bits per heavy atom. The van der Waals surface area contributed by atoms with Crippen LogP contribution in [0.5, 0.6) is 11.6 Å². The standard InChI is InChI=1S/C26H30N4O4/c1-5-12-30(16-18-6-8-20(32-3)9-7-18)24-14-25(28-29(2)26(24)31)34-17-19-13-22(19)23-11-10-21(33-4)15-27-23/h1,6-11,14,19,21-22H,12-13,15-17H2,2-4H3. The van der Waals surface area contributed by atoms with E-state index in [9.17, 15) is 4.79 Å². The fraction of sp³-hybridized carbons (Fsp3) is 0.423. The van der Waals surface area contributed by atoms with E-state index in [-0.39, 0.29) is 18.2 Å². The second-order valence-corrected chi connectivity index (χ2v) is 8.52. The number of allylic oxidation sites excluding steroid dienone is 1. The summed E-state index contributed by atoms with van der Waals surface area (Å²) in [7, 11) is 4.94. The first kappa shape index (κ1) is 23.6. The second-order valence-electron chi connectivity index (χ2n) is 8.52. The van der Waals surface area contributed by atoms with Crippen molar-refractivity contribution in [2.75, 3.05) is 38.8 Å². The molecule has 3 atom stereocenters. The maximum Gasteiger partial charge on any atom is 0.290 e. The van der Waals surface area contributed by atoms with Crippen molar-refractivity contribution in [3.8, 4) is 24.0 Å². The highest BCUT2D eigenvalue weighted by Gasteiger charge is 2.41. The highest BCUT2D eigenvalue weighted by molar-refractivity contribution is 5.99. The summed E-state index contributed by atoms with van der Waals surface area (Å²) in [5, 5.41) is 4.29. The number of benzene rings is 1. The lowest BCUT2D eigenvalue weighted by Crippen LogP contribution is -2.32. The fourth-order valence-corrected chi connectivity index (χ4v) is 4.05. The third kappa shape index (κ3) is 5.49. The van der Waals surface area contributed by atoms with Gasteiger partial charge in [0.05, 0.1) is 32.9 Å². The molecule has 0 radical (unpaired) electrons. The Balaban J connectivity index is 1.43. The van der Waals surface area contributed by atoms with Crippen molar-refractivity contribution in [3.63, 3.8) is 0 Å². The average Bonchev–Trinajstić information content (AvgIpc) is 3.64. The Bertz CT molecular complexity index is 1160. The number of methoxy groups -OCH3 is 2. The van der Waals surface area contributed by atoms with Crippen LogP contribution in [-0.4, -0.2) is 55.5 Å². The second kappa shape index (κ2) is 10.6. The molecular weight excluding hydrogens is 432 g/mol. The molecule has 3 unspecified atom stereocenters. The number of aliphatic imine (C=N–C) groups is 1. The first-order valence-electron chi connectivity index (χ1n) is 11.3. The molecule has 1 aliphatic carbocycles. The van der Waals surface area contributed by atoms with Crippen LogP contribution < -0.4 is 19.9 Å². The van der Waals surface area contributed by atoms with Gasteiger partial charge in [0, 0.05) is 44.3 Å². The number of hydrogen-bond donors (Lipinski definition) is 0. The molecule has 178 valence electrons. The third-order valence-electron chi connectivity index (χ3n) is 6.16. The van der Waals surface area contributed by atoms with Gasteiger partial charge in [-0.25, -0.2) is 4.68 Å². The molecule has 4 rings (SSSR count). The molecule has 1 aromatic carbocycles. The number of nitrogens with zero attached hydrogens (tertiary/aromatic N) is 4. The number of rotatable bonds is 10. The zero-order valence-electron chi connectivity index (χ0n) is 19.8. The molecule has 8 nitrogen and oxygen atoms in total. The third-order valence-corrected chi connectivity index (χ3v) is 6.16. The Morgan fingerprint density at radius 3 is 2.71 bits per heavy atom. The largest absolute Gasteiger partial charge is 0.497 e. The summed E-state index contributed by atoms with van der Waals surface area (Å²) in [6, 6.07) is 9.36. The molecule has 0 saturated heterocycles. The summed E-state index contributed by atoms with van der Waals surface area (Å²) in [6.07, 6.45) is 10.8. The van der Waals surface area contributed by atoms with Crippen LogP contribution in [0.2, 0.25) is 0 Å². The van der Waals surface area contributed by atoms with Gasteiger partial charge in [0.2, 0.25) is 5.88 Å². The van der Waals surface area contributed by atoms with Gasteiger partial charge in [-0.3, -0.25) is 9.79 Å². The van der Waals surface area contributed by atoms with Gasteiger partial charge < -0.3 is 19.1 Å². The van der Waals surface area contributed by atoms with E-state index in [0.717, 1.165) is 23.4 Å². The van der Waals surface area contributed by atoms with Crippen LogP contribution in [0.25, 0.3) is 0 Å². The van der Waals surface area contributed by atoms with Gasteiger partial charge in [-0.05, 0) is 30.2 Å². The van der Waals surface area contributed by atoms with Crippen LogP contribution in [0.1, 0.15) is 12.0 Å². The lowest BCUT2D eigenvalue weighted by molar-refractivity contribution is 0.147. The number of terminal acetylenes is 1. The predicted molar refractivity (Wildman–Crippen MR) is 132 cm³/mol. The van der Waals surface area contributed by atoms with Crippen molar-refractivity contribution < 1.29 is 14.2 Å². The summed E-state index contributed by atoms with van der Waals surface area (Å²) in [4.78, 5) is 19.4. The van der Waals surface area contributed by atoms with Gasteiger partial charge >= 0.3 is 0 Å². The first-order chi connectivity index (χ1) is 16.5. The van der Waals surface area contributed by atoms with Gasteiger partial charge in [0.15, 0.2) is 0 Å². The predicted octanol–water partition coefficient (Wildman–Crippen LogP) is 2.47. The van der Waals surface area contributed by atoms with Crippen LogP contribution in [0.15, 0.2) is 52.3 Å². The summed E-state index contributed by atoms with van der Waals surface area (Å²) in [5.74, 6) is 4.60. The minimum absolute atomic E-state index is 0.0642. The minimum Gasteiger partial charge on any atom is -0.497 e. The molecule has 0 N–H and O–H groups in total. The van der Waals surface area contributed by atoms with E-state index in [4.69, 9.17) is 20.6 Å². The van der Waals surface area contributed by atoms with Crippen LogP contribution in [-0.2, 0) is 18.3 Å². The molecular formula is C26H30N4O4. The molecule has 2 aliphatic rings. The molecule has 0 bridgehead atoms. The van der Waals surface area contributed by atoms with Crippen molar-refractivity contribution in [3.05, 3.63) is 58.4 Å². The smallest absolute Gasteiger partial charge is 0.290 e. The number of ether oxygens (including phenoxy) is 3. The maximum absolute atomic E-state index is 12.9. The minimum atomic E-state index is -0.227. The van der Waals surface area contributed by atoms with Crippen molar-refractivity contribution in [2.45, 2.75) is 19.1 Å². The lowest BCUT2D eigenvalue weighted by atomic mass is 10.1. The van der Waals surface area contributed by atoms with Gasteiger partial charge in [0.25, 0.3) is 5.56 Å². The van der Waals surface area contributed by atoms with Crippen LogP contribution in [0.4, 0.5) is 5.69 Å². The Labute approximate surface area is 199 Å². The van der Waals surface area contributed by atoms with Crippen LogP contribution in [0, 0.1) is 24.2 Å². The van der Waals surface area contributed by atoms with E-state index < -0.39 is 0 Å². The van der Waals surface area contributed by atoms with Crippen molar-refractivity contribution in [1.82, 2.24) is 9.78 Å². The first-order valence-corrected chi connectivity index (χ1v) is 11.3. The summed E-state index contributed by atoms with van der Waals surface area (Å²) < 4.78 is 17.8. The molecule has 0 spiro atoms. The molecule has 34 heavy (non-hydrogen) atoms. The molecule has 8 heteroatoms. The van der Waals surface area contributed by atoms with Gasteiger partial charge in [-0.2, -0.15) is 0 Å². The van der Waals surface area contributed by atoms with Gasteiger partial charge in [0.1, 0.15) is 11.4 Å². The maximum atomic E-state index is 12.9. The van der Waals surface area contributed by atoms with Gasteiger partial charge in [-0.15, -0.1) is 11.5 Å². The van der Waals surface area contributed by atoms with Crippen molar-refractivity contribution >= 4 is 11.4 Å². The normalized spacial score (nSPS) is 20.9. The highest BCUT2D eigenvalue weighted by atomic mass is 16.5. The Hall–Kier alpha value is -3.57. The molecule has 1 fully saturated rings. The number of aryl methyl sites for hydroxylation is 1. The number of anilines is 1. The van der Waals surface area contributed by atoms with Crippen LogP contribution in [0.3, 0.4) is 0 Å². The monoisotopic (exact) mass is 462 g/mol. The van der Waals surface area contributed by atoms with E-state index in [1.807, 2.05) is 29.2 Å². The number of dihydropyridines is 1. The van der Waals surface area contributed by atoms with E-state index in [0.29, 0.717) is 43.1 Å². The van der Waals surface area contributed by atoms with Crippen LogP contribution >= 0.6 is 0 Å². The van der Waals surface area contributed by atoms with Crippen molar-refractivity contribution in [1.29, 1.82) is 0 Å². The summed E-state index contributed by atoms with van der Waals surface area (Å²) in [5.41, 5.74) is 2.35. The summed E-state index contributed by atoms with van der Waals surface area (Å²) in [6.45, 7) is 1.94. The summed E-state index contributed by atoms with van der Waals surface area (Å²) >= 11 is 0. The molecule has 2 heterocycles. The highest BCUT2D eigenvalue weighted by Crippen LogP contribution is 2.41. The fourth-order valence-electron chi connectivity index (χ4n) is 4.05. The van der Waals surface area contributed by atoms with E-state index >= 15 is 0 Å². The molecule has 0 amide bonds. The lowest BCUT2D eigenvalue weighted by Gasteiger charge is -2.23. The number of hydrogen-bond acceptors (Lipinski definition) is 7. The van der Waals surface area contributed by atoms with E-state index in [1.165, 1.54) is 4.68 Å². The molecule has 2 aromatic rings. The molecule has 1 aliphatic heterocycles. The molecule has 1 saturated carbocycles. The Morgan fingerprint density at radius 2 is 2.06 bits per heavy atom. The van der Waals surface area contributed by atoms with Crippen molar-refractivity contribution in [2.24, 2.45) is 23.9 Å². The Kier molecular flexibility index (Phi) is 7.33. The topological polar surface area (TPSA) is 78.2 Å². The number of aromatic nitrogens is 2.